The number of carboxylic acids is 1. The molecule has 0 aliphatic rings. The van der Waals surface area contributed by atoms with Crippen molar-refractivity contribution in [1.29, 1.82) is 0 Å². The topological polar surface area (TPSA) is 308 Å². The van der Waals surface area contributed by atoms with E-state index in [1.54, 1.807) is 0 Å². The first-order valence-electron chi connectivity index (χ1n) is 13.3. The lowest BCUT2D eigenvalue weighted by molar-refractivity contribution is -0.142. The first kappa shape index (κ1) is 34.6. The minimum Gasteiger partial charge on any atom is -0.480 e. The molecule has 0 radical (unpaired) electrons. The maximum absolute atomic E-state index is 13.4. The van der Waals surface area contributed by atoms with Crippen molar-refractivity contribution >= 4 is 35.6 Å². The van der Waals surface area contributed by atoms with Crippen molar-refractivity contribution in [3.8, 4) is 0 Å². The molecule has 230 valence electrons. The van der Waals surface area contributed by atoms with E-state index in [4.69, 9.17) is 28.7 Å². The quantitative estimate of drug-likeness (QED) is 0.0445. The molecule has 0 aromatic carbocycles. The van der Waals surface area contributed by atoms with Crippen molar-refractivity contribution in [3.63, 3.8) is 0 Å². The van der Waals surface area contributed by atoms with Gasteiger partial charge in [-0.1, -0.05) is 13.8 Å². The van der Waals surface area contributed by atoms with Gasteiger partial charge in [0.05, 0.1) is 12.4 Å². The zero-order valence-corrected chi connectivity index (χ0v) is 23.5. The number of rotatable bonds is 19. The van der Waals surface area contributed by atoms with E-state index in [9.17, 15) is 24.3 Å². The Morgan fingerprint density at radius 2 is 1.37 bits per heavy atom. The molecule has 0 aliphatic heterocycles. The van der Waals surface area contributed by atoms with Crippen LogP contribution in [0.15, 0.2) is 22.5 Å². The highest BCUT2D eigenvalue weighted by Crippen LogP contribution is 2.08. The Morgan fingerprint density at radius 3 is 1.78 bits per heavy atom. The van der Waals surface area contributed by atoms with Gasteiger partial charge in [0.1, 0.15) is 18.1 Å². The molecule has 0 bridgehead atoms. The Balaban J connectivity index is 3.09. The number of carboxylic acid groups (broad SMARTS) is 1. The lowest BCUT2D eigenvalue weighted by Crippen LogP contribution is -2.57. The molecule has 41 heavy (non-hydrogen) atoms. The summed E-state index contributed by atoms with van der Waals surface area (Å²) >= 11 is 0. The van der Waals surface area contributed by atoms with Crippen molar-refractivity contribution < 1.29 is 24.3 Å². The highest BCUT2D eigenvalue weighted by Gasteiger charge is 2.30. The van der Waals surface area contributed by atoms with E-state index < -0.39 is 47.9 Å². The van der Waals surface area contributed by atoms with Crippen LogP contribution >= 0.6 is 0 Å². The Hall–Kier alpha value is -4.41. The summed E-state index contributed by atoms with van der Waals surface area (Å²) in [5.41, 5.74) is 27.9. The number of aliphatic carboxylic acids is 1. The minimum atomic E-state index is -1.30. The fourth-order valence-electron chi connectivity index (χ4n) is 3.80. The zero-order chi connectivity index (χ0) is 30.9. The van der Waals surface area contributed by atoms with Gasteiger partial charge in [-0.15, -0.1) is 0 Å². The number of carbonyl (C=O) groups is 4. The molecule has 4 atom stereocenters. The first-order valence-corrected chi connectivity index (χ1v) is 13.3. The number of nitrogens with one attached hydrogen (secondary N) is 4. The SMILES string of the molecule is CC(C)CC(N)C(=O)NC(CCCN=C(N)N)C(=O)NC(CCCN=C(N)N)C(=O)NC(Cc1cnc[nH]1)C(=O)O. The summed E-state index contributed by atoms with van der Waals surface area (Å²) in [6.07, 6.45) is 4.00. The van der Waals surface area contributed by atoms with Crippen LogP contribution in [0.4, 0.5) is 0 Å². The number of H-pyrrole nitrogens is 1. The monoisotopic (exact) mass is 580 g/mol. The fourth-order valence-corrected chi connectivity index (χ4v) is 3.80. The van der Waals surface area contributed by atoms with Crippen LogP contribution in [0.2, 0.25) is 0 Å². The number of hydrogen-bond donors (Lipinski definition) is 10. The van der Waals surface area contributed by atoms with Crippen LogP contribution in [-0.4, -0.2) is 87.9 Å². The predicted octanol–water partition coefficient (Wildman–Crippen LogP) is -3.03. The average molecular weight is 581 g/mol. The number of hydrogen-bond acceptors (Lipinski definition) is 8. The summed E-state index contributed by atoms with van der Waals surface area (Å²) in [7, 11) is 0. The number of guanidine groups is 2. The van der Waals surface area contributed by atoms with E-state index in [-0.39, 0.29) is 56.6 Å². The summed E-state index contributed by atoms with van der Waals surface area (Å²) < 4.78 is 0. The van der Waals surface area contributed by atoms with Gasteiger partial charge >= 0.3 is 5.97 Å². The largest absolute Gasteiger partial charge is 0.480 e. The zero-order valence-electron chi connectivity index (χ0n) is 23.5. The van der Waals surface area contributed by atoms with Crippen LogP contribution in [0.1, 0.15) is 51.6 Å². The third kappa shape index (κ3) is 14.5. The number of nitrogens with zero attached hydrogens (tertiary/aromatic N) is 3. The Labute approximate surface area is 238 Å². The van der Waals surface area contributed by atoms with Crippen molar-refractivity contribution in [2.24, 2.45) is 44.6 Å². The van der Waals surface area contributed by atoms with Crippen molar-refractivity contribution in [3.05, 3.63) is 18.2 Å². The first-order chi connectivity index (χ1) is 19.3. The molecular formula is C24H44N12O5. The number of imidazole rings is 1. The summed E-state index contributed by atoms with van der Waals surface area (Å²) in [5, 5.41) is 17.4. The number of nitrogens with two attached hydrogens (primary N) is 5. The van der Waals surface area contributed by atoms with Gasteiger partial charge in [0.25, 0.3) is 0 Å². The second-order valence-corrected chi connectivity index (χ2v) is 9.94. The highest BCUT2D eigenvalue weighted by molar-refractivity contribution is 5.94. The van der Waals surface area contributed by atoms with Gasteiger partial charge < -0.3 is 54.7 Å². The van der Waals surface area contributed by atoms with E-state index in [0.717, 1.165) is 0 Å². The number of amides is 3. The van der Waals surface area contributed by atoms with Crippen LogP contribution in [0, 0.1) is 5.92 Å². The summed E-state index contributed by atoms with van der Waals surface area (Å²) in [6, 6.07) is -4.38. The van der Waals surface area contributed by atoms with Crippen molar-refractivity contribution in [2.75, 3.05) is 13.1 Å². The molecule has 17 nitrogen and oxygen atoms in total. The van der Waals surface area contributed by atoms with E-state index in [1.807, 2.05) is 13.8 Å². The molecule has 1 rings (SSSR count). The second-order valence-electron chi connectivity index (χ2n) is 9.94. The van der Waals surface area contributed by atoms with Gasteiger partial charge in [0, 0.05) is 31.4 Å². The van der Waals surface area contributed by atoms with Crippen LogP contribution in [-0.2, 0) is 25.6 Å². The molecule has 0 spiro atoms. The average Bonchev–Trinajstić information content (AvgIpc) is 3.39. The molecule has 4 unspecified atom stereocenters. The fraction of sp³-hybridized carbons (Fsp3) is 0.625. The third-order valence-corrected chi connectivity index (χ3v) is 5.81. The molecule has 1 aromatic heterocycles. The molecule has 0 aliphatic carbocycles. The van der Waals surface area contributed by atoms with E-state index in [0.29, 0.717) is 18.5 Å². The maximum atomic E-state index is 13.4. The number of aromatic nitrogens is 2. The standard InChI is InChI=1S/C24H44N12O5/c1-13(2)9-15(25)19(37)34-16(5-3-7-31-23(26)27)20(38)35-17(6-4-8-32-24(28)29)21(39)36-18(22(40)41)10-14-11-30-12-33-14/h11-13,15-18H,3-10,25H2,1-2H3,(H,30,33)(H,34,37)(H,35,38)(H,36,39)(H,40,41)(H4,26,27,31)(H4,28,29,32). The number of carbonyl (C=O) groups excluding carboxylic acids is 3. The smallest absolute Gasteiger partial charge is 0.326 e. The predicted molar refractivity (Wildman–Crippen MR) is 153 cm³/mol. The normalized spacial score (nSPS) is 13.8. The van der Waals surface area contributed by atoms with Gasteiger partial charge in [-0.2, -0.15) is 0 Å². The molecule has 15 N–H and O–H groups in total. The Bertz CT molecular complexity index is 1040. The number of aliphatic imine (C=N–C) groups is 2. The molecule has 3 amide bonds. The van der Waals surface area contributed by atoms with Crippen LogP contribution in [0.3, 0.4) is 0 Å². The molecule has 1 aromatic rings. The summed E-state index contributed by atoms with van der Waals surface area (Å²) in [5.74, 6) is -3.31. The minimum absolute atomic E-state index is 0.0625. The lowest BCUT2D eigenvalue weighted by atomic mass is 10.0. The summed E-state index contributed by atoms with van der Waals surface area (Å²) in [4.78, 5) is 65.5. The van der Waals surface area contributed by atoms with E-state index >= 15 is 0 Å². The summed E-state index contributed by atoms with van der Waals surface area (Å²) in [6.45, 7) is 4.20. The van der Waals surface area contributed by atoms with Crippen LogP contribution in [0.5, 0.6) is 0 Å². The number of aromatic amines is 1. The van der Waals surface area contributed by atoms with Crippen LogP contribution < -0.4 is 44.6 Å². The van der Waals surface area contributed by atoms with Crippen LogP contribution in [0.25, 0.3) is 0 Å². The molecular weight excluding hydrogens is 536 g/mol. The van der Waals surface area contributed by atoms with Crippen molar-refractivity contribution in [1.82, 2.24) is 25.9 Å². The second kappa shape index (κ2) is 18.0. The third-order valence-electron chi connectivity index (χ3n) is 5.81. The molecule has 0 fully saturated rings. The Morgan fingerprint density at radius 1 is 0.878 bits per heavy atom. The molecule has 0 saturated carbocycles. The molecule has 0 saturated heterocycles. The van der Waals surface area contributed by atoms with Gasteiger partial charge in [-0.3, -0.25) is 24.4 Å². The highest BCUT2D eigenvalue weighted by atomic mass is 16.4. The van der Waals surface area contributed by atoms with E-state index in [1.165, 1.54) is 12.5 Å². The van der Waals surface area contributed by atoms with Gasteiger partial charge in [-0.25, -0.2) is 9.78 Å². The Kier molecular flexibility index (Phi) is 15.2. The lowest BCUT2D eigenvalue weighted by Gasteiger charge is -2.25. The van der Waals surface area contributed by atoms with E-state index in [2.05, 4.69) is 35.9 Å². The van der Waals surface area contributed by atoms with Crippen molar-refractivity contribution in [2.45, 2.75) is 76.5 Å². The van der Waals surface area contributed by atoms with Gasteiger partial charge in [-0.05, 0) is 38.0 Å². The maximum Gasteiger partial charge on any atom is 0.326 e. The van der Waals surface area contributed by atoms with Gasteiger partial charge in [0.15, 0.2) is 11.9 Å². The molecule has 1 heterocycles. The molecule has 17 heteroatoms. The van der Waals surface area contributed by atoms with Gasteiger partial charge in [0.2, 0.25) is 17.7 Å².